The summed E-state index contributed by atoms with van der Waals surface area (Å²) in [6.07, 6.45) is 10.0. The highest BCUT2D eigenvalue weighted by molar-refractivity contribution is 14.0. The van der Waals surface area contributed by atoms with Gasteiger partial charge in [0.15, 0.2) is 5.96 Å². The predicted molar refractivity (Wildman–Crippen MR) is 121 cm³/mol. The van der Waals surface area contributed by atoms with Gasteiger partial charge < -0.3 is 20.3 Å². The van der Waals surface area contributed by atoms with E-state index in [1.54, 1.807) is 7.11 Å². The Morgan fingerprint density at radius 1 is 1.24 bits per heavy atom. The first kappa shape index (κ1) is 23.3. The van der Waals surface area contributed by atoms with E-state index >= 15 is 0 Å². The number of methoxy groups -OCH3 is 1. The van der Waals surface area contributed by atoms with E-state index in [0.29, 0.717) is 6.04 Å². The second-order valence-electron chi connectivity index (χ2n) is 7.10. The minimum absolute atomic E-state index is 0. The van der Waals surface area contributed by atoms with Crippen molar-refractivity contribution in [3.63, 3.8) is 0 Å². The van der Waals surface area contributed by atoms with E-state index < -0.39 is 0 Å². The average molecular weight is 484 g/mol. The first-order valence-corrected chi connectivity index (χ1v) is 10.7. The summed E-state index contributed by atoms with van der Waals surface area (Å²) in [5.74, 6) is 1.75. The number of likely N-dealkylation sites (tertiary alicyclic amines) is 1. The Hall–Kier alpha value is 0.270. The average Bonchev–Trinajstić information content (AvgIpc) is 2.64. The van der Waals surface area contributed by atoms with Gasteiger partial charge in [-0.2, -0.15) is 11.8 Å². The van der Waals surface area contributed by atoms with Crippen LogP contribution in [0.2, 0.25) is 0 Å². The lowest BCUT2D eigenvalue weighted by molar-refractivity contribution is 0.121. The maximum Gasteiger partial charge on any atom is 0.191 e. The van der Waals surface area contributed by atoms with Gasteiger partial charge in [0.1, 0.15) is 0 Å². The topological polar surface area (TPSA) is 48.9 Å². The Kier molecular flexibility index (Phi) is 12.5. The summed E-state index contributed by atoms with van der Waals surface area (Å²) in [6, 6.07) is 0.582. The molecule has 2 fully saturated rings. The molecule has 1 saturated carbocycles. The summed E-state index contributed by atoms with van der Waals surface area (Å²) in [5, 5.41) is 8.02. The molecule has 1 heterocycles. The van der Waals surface area contributed by atoms with Crippen LogP contribution in [0.25, 0.3) is 0 Å². The molecule has 0 amide bonds. The van der Waals surface area contributed by atoms with Crippen molar-refractivity contribution < 1.29 is 4.74 Å². The van der Waals surface area contributed by atoms with E-state index in [1.807, 2.05) is 18.8 Å². The molecule has 1 aliphatic heterocycles. The molecule has 1 aliphatic carbocycles. The Morgan fingerprint density at radius 2 is 2.00 bits per heavy atom. The Labute approximate surface area is 175 Å². The third kappa shape index (κ3) is 8.67. The summed E-state index contributed by atoms with van der Waals surface area (Å²) in [5.41, 5.74) is 0. The Morgan fingerprint density at radius 3 is 2.64 bits per heavy atom. The number of guanidine groups is 1. The van der Waals surface area contributed by atoms with Crippen LogP contribution >= 0.6 is 35.7 Å². The van der Waals surface area contributed by atoms with Crippen molar-refractivity contribution in [3.05, 3.63) is 0 Å². The van der Waals surface area contributed by atoms with Crippen LogP contribution in [0.3, 0.4) is 0 Å². The van der Waals surface area contributed by atoms with Crippen molar-refractivity contribution in [2.75, 3.05) is 53.2 Å². The van der Waals surface area contributed by atoms with Crippen molar-refractivity contribution in [1.82, 2.24) is 15.5 Å². The SMILES string of the molecule is CN=C(NCC1CCN(CCOC)CC1)NC1CCCC(SC)C1.I. The number of halogens is 1. The molecule has 2 atom stereocenters. The standard InChI is InChI=1S/C18H36N4OS.HI/c1-19-18(21-16-5-4-6-17(13-16)24-3)20-14-15-7-9-22(10-8-15)11-12-23-2;/h15-17H,4-14H2,1-3H3,(H2,19,20,21);1H. The van der Waals surface area contributed by atoms with Crippen LogP contribution in [0, 0.1) is 5.92 Å². The van der Waals surface area contributed by atoms with Gasteiger partial charge in [0, 0.05) is 38.5 Å². The van der Waals surface area contributed by atoms with Gasteiger partial charge in [-0.15, -0.1) is 24.0 Å². The van der Waals surface area contributed by atoms with Crippen molar-refractivity contribution in [2.45, 2.75) is 49.8 Å². The maximum absolute atomic E-state index is 5.17. The van der Waals surface area contributed by atoms with Gasteiger partial charge in [-0.25, -0.2) is 0 Å². The van der Waals surface area contributed by atoms with Gasteiger partial charge in [0.2, 0.25) is 0 Å². The van der Waals surface area contributed by atoms with Crippen LogP contribution in [0.1, 0.15) is 38.5 Å². The molecular formula is C18H37IN4OS. The van der Waals surface area contributed by atoms with Crippen LogP contribution in [0.15, 0.2) is 4.99 Å². The van der Waals surface area contributed by atoms with E-state index in [9.17, 15) is 0 Å². The molecule has 0 radical (unpaired) electrons. The summed E-state index contributed by atoms with van der Waals surface area (Å²) < 4.78 is 5.17. The van der Waals surface area contributed by atoms with Gasteiger partial charge in [-0.05, 0) is 57.4 Å². The van der Waals surface area contributed by atoms with Gasteiger partial charge in [0.05, 0.1) is 6.61 Å². The summed E-state index contributed by atoms with van der Waals surface area (Å²) in [4.78, 5) is 6.95. The molecule has 0 aromatic heterocycles. The van der Waals surface area contributed by atoms with Crippen molar-refractivity contribution in [1.29, 1.82) is 0 Å². The Bertz CT molecular complexity index is 378. The highest BCUT2D eigenvalue weighted by Gasteiger charge is 2.23. The van der Waals surface area contributed by atoms with E-state index in [0.717, 1.165) is 36.8 Å². The minimum atomic E-state index is 0. The first-order valence-electron chi connectivity index (χ1n) is 9.46. The first-order chi connectivity index (χ1) is 11.7. The third-order valence-electron chi connectivity index (χ3n) is 5.40. The molecule has 0 spiro atoms. The number of hydrogen-bond acceptors (Lipinski definition) is 4. The van der Waals surface area contributed by atoms with Crippen LogP contribution in [0.4, 0.5) is 0 Å². The van der Waals surface area contributed by atoms with E-state index in [2.05, 4.69) is 26.8 Å². The fraction of sp³-hybridized carbons (Fsp3) is 0.944. The van der Waals surface area contributed by atoms with Gasteiger partial charge in [0.25, 0.3) is 0 Å². The van der Waals surface area contributed by atoms with Crippen molar-refractivity contribution in [2.24, 2.45) is 10.9 Å². The van der Waals surface area contributed by atoms with E-state index in [1.165, 1.54) is 51.6 Å². The fourth-order valence-electron chi connectivity index (χ4n) is 3.75. The molecule has 1 saturated heterocycles. The minimum Gasteiger partial charge on any atom is -0.383 e. The van der Waals surface area contributed by atoms with Crippen LogP contribution in [-0.4, -0.2) is 75.4 Å². The molecule has 2 rings (SSSR count). The second kappa shape index (κ2) is 13.4. The third-order valence-corrected chi connectivity index (χ3v) is 6.50. The molecule has 7 heteroatoms. The summed E-state index contributed by atoms with van der Waals surface area (Å²) in [6.45, 7) is 5.34. The molecule has 2 N–H and O–H groups in total. The zero-order valence-electron chi connectivity index (χ0n) is 16.1. The zero-order chi connectivity index (χ0) is 17.2. The highest BCUT2D eigenvalue weighted by Crippen LogP contribution is 2.26. The highest BCUT2D eigenvalue weighted by atomic mass is 127. The lowest BCUT2D eigenvalue weighted by atomic mass is 9.95. The molecule has 2 aliphatic rings. The maximum atomic E-state index is 5.17. The van der Waals surface area contributed by atoms with Crippen LogP contribution < -0.4 is 10.6 Å². The number of aliphatic imine (C=N–C) groups is 1. The molecule has 25 heavy (non-hydrogen) atoms. The van der Waals surface area contributed by atoms with Crippen molar-refractivity contribution in [3.8, 4) is 0 Å². The molecule has 0 aromatic carbocycles. The molecule has 0 bridgehead atoms. The zero-order valence-corrected chi connectivity index (χ0v) is 19.3. The molecule has 148 valence electrons. The summed E-state index contributed by atoms with van der Waals surface area (Å²) >= 11 is 2.01. The number of hydrogen-bond donors (Lipinski definition) is 2. The summed E-state index contributed by atoms with van der Waals surface area (Å²) in [7, 11) is 3.67. The van der Waals surface area contributed by atoms with Gasteiger partial charge in [-0.1, -0.05) is 6.42 Å². The number of ether oxygens (including phenoxy) is 1. The van der Waals surface area contributed by atoms with Gasteiger partial charge >= 0.3 is 0 Å². The lowest BCUT2D eigenvalue weighted by Crippen LogP contribution is -2.47. The molecule has 2 unspecified atom stereocenters. The number of nitrogens with one attached hydrogen (secondary N) is 2. The number of nitrogens with zero attached hydrogens (tertiary/aromatic N) is 2. The number of piperidine rings is 1. The van der Waals surface area contributed by atoms with E-state index in [-0.39, 0.29) is 24.0 Å². The number of thioether (sulfide) groups is 1. The van der Waals surface area contributed by atoms with Crippen LogP contribution in [-0.2, 0) is 4.74 Å². The van der Waals surface area contributed by atoms with Crippen molar-refractivity contribution >= 4 is 41.7 Å². The molecule has 0 aromatic rings. The lowest BCUT2D eigenvalue weighted by Gasteiger charge is -2.33. The second-order valence-corrected chi connectivity index (χ2v) is 8.23. The molecule has 5 nitrogen and oxygen atoms in total. The van der Waals surface area contributed by atoms with E-state index in [4.69, 9.17) is 4.74 Å². The largest absolute Gasteiger partial charge is 0.383 e. The molecular weight excluding hydrogens is 447 g/mol. The smallest absolute Gasteiger partial charge is 0.191 e. The Balaban J connectivity index is 0.00000312. The predicted octanol–water partition coefficient (Wildman–Crippen LogP) is 2.80. The normalized spacial score (nSPS) is 26.1. The quantitative estimate of drug-likeness (QED) is 0.331. The van der Waals surface area contributed by atoms with Crippen LogP contribution in [0.5, 0.6) is 0 Å². The number of rotatable bonds is 7. The monoisotopic (exact) mass is 484 g/mol. The fourth-order valence-corrected chi connectivity index (χ4v) is 4.58. The van der Waals surface area contributed by atoms with Gasteiger partial charge in [-0.3, -0.25) is 4.99 Å².